The number of nitrogens with zero attached hydrogens (tertiary/aromatic N) is 1. The van der Waals surface area contributed by atoms with Crippen LogP contribution < -0.4 is 11.0 Å². The van der Waals surface area contributed by atoms with Crippen molar-refractivity contribution in [2.24, 2.45) is 0 Å². The number of aromatic amines is 2. The van der Waals surface area contributed by atoms with Gasteiger partial charge in [0.2, 0.25) is 5.91 Å². The molecule has 0 aliphatic carbocycles. The number of carbonyl (C=O) groups is 1. The lowest BCUT2D eigenvalue weighted by Gasteiger charge is -2.24. The minimum absolute atomic E-state index is 0.0884. The van der Waals surface area contributed by atoms with E-state index >= 15 is 0 Å². The van der Waals surface area contributed by atoms with Crippen molar-refractivity contribution in [3.8, 4) is 0 Å². The maximum atomic E-state index is 12.6. The molecule has 6 nitrogen and oxygen atoms in total. The zero-order valence-electron chi connectivity index (χ0n) is 15.5. The van der Waals surface area contributed by atoms with Crippen molar-refractivity contribution >= 4 is 22.6 Å². The molecule has 2 aromatic carbocycles. The van der Waals surface area contributed by atoms with E-state index in [0.717, 1.165) is 0 Å². The van der Waals surface area contributed by atoms with Crippen LogP contribution in [0.4, 0.5) is 5.69 Å². The first-order valence-electron chi connectivity index (χ1n) is 8.63. The zero-order chi connectivity index (χ0) is 18.8. The molecule has 1 unspecified atom stereocenters. The lowest BCUT2D eigenvalue weighted by Crippen LogP contribution is -2.39. The molecule has 1 aromatic heterocycles. The summed E-state index contributed by atoms with van der Waals surface area (Å²) in [4.78, 5) is 31.3. The van der Waals surface area contributed by atoms with Gasteiger partial charge in [0.1, 0.15) is 0 Å². The van der Waals surface area contributed by atoms with Crippen LogP contribution in [0.25, 0.3) is 11.0 Å². The van der Waals surface area contributed by atoms with E-state index in [-0.39, 0.29) is 17.6 Å². The molecule has 3 rings (SSSR count). The summed E-state index contributed by atoms with van der Waals surface area (Å²) in [6.45, 7) is 6.75. The Hall–Kier alpha value is -2.86. The van der Waals surface area contributed by atoms with E-state index in [2.05, 4.69) is 47.3 Å². The molecule has 1 amide bonds. The fraction of sp³-hybridized carbons (Fsp3) is 0.300. The number of fused-ring (bicyclic) bond motifs is 1. The molecule has 0 saturated carbocycles. The third kappa shape index (κ3) is 3.86. The number of rotatable bonds is 5. The van der Waals surface area contributed by atoms with Gasteiger partial charge in [0.05, 0.1) is 17.1 Å². The molecule has 26 heavy (non-hydrogen) atoms. The molecular weight excluding hydrogens is 328 g/mol. The van der Waals surface area contributed by atoms with Gasteiger partial charge in [0.25, 0.3) is 0 Å². The molecule has 3 aromatic rings. The van der Waals surface area contributed by atoms with Gasteiger partial charge >= 0.3 is 5.69 Å². The number of anilines is 1. The summed E-state index contributed by atoms with van der Waals surface area (Å²) < 4.78 is 0. The molecular formula is C20H24N4O2. The highest BCUT2D eigenvalue weighted by Gasteiger charge is 2.19. The van der Waals surface area contributed by atoms with E-state index in [1.807, 2.05) is 18.9 Å². The summed E-state index contributed by atoms with van der Waals surface area (Å²) in [5.41, 5.74) is 5.46. The van der Waals surface area contributed by atoms with Gasteiger partial charge in [-0.3, -0.25) is 9.69 Å². The molecule has 0 fully saturated rings. The largest absolute Gasteiger partial charge is 0.325 e. The van der Waals surface area contributed by atoms with Crippen molar-refractivity contribution in [2.75, 3.05) is 12.4 Å². The molecule has 0 bridgehead atoms. The molecule has 3 N–H and O–H groups in total. The molecule has 0 saturated heterocycles. The average Bonchev–Trinajstić information content (AvgIpc) is 2.95. The molecule has 136 valence electrons. The monoisotopic (exact) mass is 352 g/mol. The quantitative estimate of drug-likeness (QED) is 0.660. The molecule has 0 spiro atoms. The van der Waals surface area contributed by atoms with Crippen molar-refractivity contribution in [1.82, 2.24) is 14.9 Å². The van der Waals surface area contributed by atoms with E-state index in [1.54, 1.807) is 18.2 Å². The smallest absolute Gasteiger partial charge is 0.323 e. The number of imidazole rings is 1. The average molecular weight is 352 g/mol. The van der Waals surface area contributed by atoms with Crippen molar-refractivity contribution in [3.63, 3.8) is 0 Å². The van der Waals surface area contributed by atoms with Gasteiger partial charge in [-0.15, -0.1) is 0 Å². The van der Waals surface area contributed by atoms with Gasteiger partial charge in [-0.05, 0) is 57.1 Å². The topological polar surface area (TPSA) is 81.0 Å². The lowest BCUT2D eigenvalue weighted by molar-refractivity contribution is -0.120. The van der Waals surface area contributed by atoms with Crippen LogP contribution in [-0.4, -0.2) is 33.9 Å². The molecule has 1 heterocycles. The first-order valence-corrected chi connectivity index (χ1v) is 8.63. The first kappa shape index (κ1) is 17.9. The summed E-state index contributed by atoms with van der Waals surface area (Å²) in [6.07, 6.45) is 0. The summed E-state index contributed by atoms with van der Waals surface area (Å²) >= 11 is 0. The third-order valence-corrected chi connectivity index (χ3v) is 4.74. The lowest BCUT2D eigenvalue weighted by atomic mass is 10.0. The van der Waals surface area contributed by atoms with Crippen LogP contribution in [-0.2, 0) is 11.3 Å². The standard InChI is InChI=1S/C20H24N4O2/c1-12-5-6-15(13(2)9-12)11-24(4)14(3)19(25)21-16-7-8-17-18(10-16)23-20(26)22-17/h5-10,14H,11H2,1-4H3,(H,21,25)(H2,22,23,26). The highest BCUT2D eigenvalue weighted by Crippen LogP contribution is 2.17. The van der Waals surface area contributed by atoms with E-state index in [0.29, 0.717) is 23.3 Å². The van der Waals surface area contributed by atoms with Crippen molar-refractivity contribution in [1.29, 1.82) is 0 Å². The number of hydrogen-bond acceptors (Lipinski definition) is 3. The van der Waals surface area contributed by atoms with Crippen LogP contribution in [0.15, 0.2) is 41.2 Å². The number of H-pyrrole nitrogens is 2. The second kappa shape index (κ2) is 7.17. The summed E-state index contributed by atoms with van der Waals surface area (Å²) in [5, 5.41) is 2.92. The molecule has 0 aliphatic rings. The summed E-state index contributed by atoms with van der Waals surface area (Å²) in [7, 11) is 1.94. The van der Waals surface area contributed by atoms with E-state index in [4.69, 9.17) is 0 Å². The Labute approximate surface area is 152 Å². The predicted molar refractivity (Wildman–Crippen MR) is 104 cm³/mol. The number of aromatic nitrogens is 2. The Morgan fingerprint density at radius 3 is 2.58 bits per heavy atom. The second-order valence-electron chi connectivity index (χ2n) is 6.85. The molecule has 6 heteroatoms. The number of amides is 1. The minimum Gasteiger partial charge on any atom is -0.325 e. The Morgan fingerprint density at radius 1 is 1.12 bits per heavy atom. The van der Waals surface area contributed by atoms with Crippen LogP contribution in [0.1, 0.15) is 23.6 Å². The first-order chi connectivity index (χ1) is 12.3. The van der Waals surface area contributed by atoms with Crippen LogP contribution in [0.2, 0.25) is 0 Å². The molecule has 0 aliphatic heterocycles. The second-order valence-corrected chi connectivity index (χ2v) is 6.85. The number of benzene rings is 2. The highest BCUT2D eigenvalue weighted by molar-refractivity contribution is 5.96. The summed E-state index contributed by atoms with van der Waals surface area (Å²) in [6, 6.07) is 11.4. The zero-order valence-corrected chi connectivity index (χ0v) is 15.5. The maximum Gasteiger partial charge on any atom is 0.323 e. The van der Waals surface area contributed by atoms with Crippen LogP contribution in [0, 0.1) is 13.8 Å². The van der Waals surface area contributed by atoms with Gasteiger partial charge in [-0.25, -0.2) is 4.79 Å². The number of aryl methyl sites for hydroxylation is 2. The van der Waals surface area contributed by atoms with Gasteiger partial charge in [0, 0.05) is 12.2 Å². The van der Waals surface area contributed by atoms with Crippen molar-refractivity contribution in [2.45, 2.75) is 33.4 Å². The maximum absolute atomic E-state index is 12.6. The molecule has 1 atom stereocenters. The van der Waals surface area contributed by atoms with Crippen LogP contribution in [0.5, 0.6) is 0 Å². The van der Waals surface area contributed by atoms with Crippen LogP contribution >= 0.6 is 0 Å². The fourth-order valence-corrected chi connectivity index (χ4v) is 2.99. The van der Waals surface area contributed by atoms with E-state index in [9.17, 15) is 9.59 Å². The van der Waals surface area contributed by atoms with Crippen molar-refractivity contribution in [3.05, 3.63) is 63.6 Å². The van der Waals surface area contributed by atoms with E-state index in [1.165, 1.54) is 16.7 Å². The normalized spacial score (nSPS) is 12.5. The Balaban J connectivity index is 1.68. The summed E-state index contributed by atoms with van der Waals surface area (Å²) in [5.74, 6) is -0.0884. The van der Waals surface area contributed by atoms with E-state index < -0.39 is 0 Å². The fourth-order valence-electron chi connectivity index (χ4n) is 2.99. The SMILES string of the molecule is Cc1ccc(CN(C)C(C)C(=O)Nc2ccc3[nH]c(=O)[nH]c3c2)c(C)c1. The number of carbonyl (C=O) groups excluding carboxylic acids is 1. The Bertz CT molecular complexity index is 1000. The number of likely N-dealkylation sites (N-methyl/N-ethyl adjacent to an activating group) is 1. The van der Waals surface area contributed by atoms with Gasteiger partial charge < -0.3 is 15.3 Å². The van der Waals surface area contributed by atoms with Crippen LogP contribution in [0.3, 0.4) is 0 Å². The van der Waals surface area contributed by atoms with Gasteiger partial charge in [0.15, 0.2) is 0 Å². The highest BCUT2D eigenvalue weighted by atomic mass is 16.2. The Kier molecular flexibility index (Phi) is 4.95. The van der Waals surface area contributed by atoms with Gasteiger partial charge in [-0.2, -0.15) is 0 Å². The number of hydrogen-bond donors (Lipinski definition) is 3. The number of nitrogens with one attached hydrogen (secondary N) is 3. The molecule has 0 radical (unpaired) electrons. The Morgan fingerprint density at radius 2 is 1.85 bits per heavy atom. The predicted octanol–water partition coefficient (Wildman–Crippen LogP) is 2.93. The van der Waals surface area contributed by atoms with Crippen molar-refractivity contribution < 1.29 is 4.79 Å². The minimum atomic E-state index is -0.295. The third-order valence-electron chi connectivity index (χ3n) is 4.74. The van der Waals surface area contributed by atoms with Gasteiger partial charge in [-0.1, -0.05) is 23.8 Å².